The van der Waals surface area contributed by atoms with Crippen LogP contribution in [0.5, 0.6) is 0 Å². The van der Waals surface area contributed by atoms with Crippen LogP contribution < -0.4 is 5.32 Å². The first-order chi connectivity index (χ1) is 15.3. The minimum absolute atomic E-state index is 0.142. The van der Waals surface area contributed by atoms with Gasteiger partial charge in [-0.15, -0.1) is 16.8 Å². The fraction of sp³-hybridized carbons (Fsp3) is 0.130. The predicted molar refractivity (Wildman–Crippen MR) is 119 cm³/mol. The molecule has 0 aliphatic heterocycles. The third-order valence-electron chi connectivity index (χ3n) is 4.57. The minimum atomic E-state index is -0.142. The Hall–Kier alpha value is -3.65. The van der Waals surface area contributed by atoms with E-state index < -0.39 is 0 Å². The average Bonchev–Trinajstić information content (AvgIpc) is 3.47. The van der Waals surface area contributed by atoms with Gasteiger partial charge in [-0.05, 0) is 35.9 Å². The van der Waals surface area contributed by atoms with Crippen LogP contribution >= 0.6 is 11.8 Å². The summed E-state index contributed by atoms with van der Waals surface area (Å²) in [5, 5.41) is 12.4. The lowest BCUT2D eigenvalue weighted by atomic mass is 10.1. The number of hydrogen-bond acceptors (Lipinski definition) is 6. The molecule has 7 nitrogen and oxygen atoms in total. The second kappa shape index (κ2) is 9.90. The van der Waals surface area contributed by atoms with E-state index in [9.17, 15) is 4.79 Å². The van der Waals surface area contributed by atoms with Gasteiger partial charge in [-0.2, -0.15) is 0 Å². The lowest BCUT2D eigenvalue weighted by molar-refractivity contribution is 0.0947. The molecule has 0 unspecified atom stereocenters. The Kier molecular flexibility index (Phi) is 6.59. The molecule has 1 aromatic carbocycles. The number of nitrogens with one attached hydrogen (secondary N) is 1. The molecular formula is C23H21N5O2S. The molecule has 3 aromatic heterocycles. The molecule has 0 bridgehead atoms. The van der Waals surface area contributed by atoms with E-state index in [0.29, 0.717) is 30.2 Å². The van der Waals surface area contributed by atoms with Crippen molar-refractivity contribution in [2.24, 2.45) is 0 Å². The van der Waals surface area contributed by atoms with Crippen molar-refractivity contribution in [1.29, 1.82) is 0 Å². The van der Waals surface area contributed by atoms with Gasteiger partial charge in [-0.25, -0.2) is 0 Å². The number of nitrogens with zero attached hydrogens (tertiary/aromatic N) is 4. The number of pyridine rings is 1. The topological polar surface area (TPSA) is 85.8 Å². The summed E-state index contributed by atoms with van der Waals surface area (Å²) in [6.45, 7) is 4.76. The maximum atomic E-state index is 12.7. The lowest BCUT2D eigenvalue weighted by Crippen LogP contribution is -2.23. The largest absolute Gasteiger partial charge is 0.467 e. The van der Waals surface area contributed by atoms with Gasteiger partial charge < -0.3 is 9.73 Å². The van der Waals surface area contributed by atoms with Crippen LogP contribution in [0.2, 0.25) is 0 Å². The number of benzene rings is 1. The van der Waals surface area contributed by atoms with Crippen LogP contribution in [-0.4, -0.2) is 25.7 Å². The van der Waals surface area contributed by atoms with E-state index in [1.807, 2.05) is 53.1 Å². The predicted octanol–water partition coefficient (Wildman–Crippen LogP) is 4.34. The summed E-state index contributed by atoms with van der Waals surface area (Å²) in [5.74, 6) is 1.88. The number of furan rings is 1. The van der Waals surface area contributed by atoms with Gasteiger partial charge >= 0.3 is 0 Å². The second-order valence-corrected chi connectivity index (χ2v) is 7.60. The van der Waals surface area contributed by atoms with Crippen molar-refractivity contribution in [3.8, 4) is 11.4 Å². The van der Waals surface area contributed by atoms with Gasteiger partial charge in [0.25, 0.3) is 5.91 Å². The molecule has 0 atom stereocenters. The van der Waals surface area contributed by atoms with Crippen LogP contribution in [0.25, 0.3) is 11.4 Å². The summed E-state index contributed by atoms with van der Waals surface area (Å²) in [7, 11) is 0. The van der Waals surface area contributed by atoms with E-state index in [0.717, 1.165) is 22.1 Å². The lowest BCUT2D eigenvalue weighted by Gasteiger charge is -2.10. The number of rotatable bonds is 9. The standard InChI is InChI=1S/C23H21N5O2S/c1-2-12-28-21(17-8-5-11-24-14-17)26-27-23(28)31-16-18-7-3-4-10-20(18)22(29)25-15-19-9-6-13-30-19/h2-11,13-14H,1,12,15-16H2,(H,25,29). The van der Waals surface area contributed by atoms with Crippen molar-refractivity contribution in [3.05, 3.63) is 96.7 Å². The van der Waals surface area contributed by atoms with E-state index in [-0.39, 0.29) is 5.91 Å². The third kappa shape index (κ3) is 4.92. The van der Waals surface area contributed by atoms with Crippen molar-refractivity contribution < 1.29 is 9.21 Å². The Morgan fingerprint density at radius 1 is 1.16 bits per heavy atom. The Morgan fingerprint density at radius 3 is 2.84 bits per heavy atom. The highest BCUT2D eigenvalue weighted by molar-refractivity contribution is 7.98. The highest BCUT2D eigenvalue weighted by atomic mass is 32.2. The smallest absolute Gasteiger partial charge is 0.251 e. The molecular weight excluding hydrogens is 410 g/mol. The van der Waals surface area contributed by atoms with E-state index in [2.05, 4.69) is 27.1 Å². The van der Waals surface area contributed by atoms with Gasteiger partial charge in [-0.1, -0.05) is 36.0 Å². The van der Waals surface area contributed by atoms with Gasteiger partial charge in [0.2, 0.25) is 0 Å². The average molecular weight is 432 g/mol. The summed E-state index contributed by atoms with van der Waals surface area (Å²) in [5.41, 5.74) is 2.44. The molecule has 0 saturated carbocycles. The first-order valence-electron chi connectivity index (χ1n) is 9.72. The molecule has 0 aliphatic carbocycles. The number of carbonyl (C=O) groups excluding carboxylic acids is 1. The summed E-state index contributed by atoms with van der Waals surface area (Å²) in [6, 6.07) is 15.0. The maximum Gasteiger partial charge on any atom is 0.251 e. The van der Waals surface area contributed by atoms with Crippen LogP contribution in [0.3, 0.4) is 0 Å². The highest BCUT2D eigenvalue weighted by Crippen LogP contribution is 2.27. The van der Waals surface area contributed by atoms with Crippen molar-refractivity contribution in [3.63, 3.8) is 0 Å². The van der Waals surface area contributed by atoms with Crippen molar-refractivity contribution in [2.75, 3.05) is 0 Å². The van der Waals surface area contributed by atoms with Gasteiger partial charge in [-0.3, -0.25) is 14.3 Å². The number of hydrogen-bond donors (Lipinski definition) is 1. The molecule has 4 rings (SSSR count). The quantitative estimate of drug-likeness (QED) is 0.313. The molecule has 0 saturated heterocycles. The summed E-state index contributed by atoms with van der Waals surface area (Å²) in [4.78, 5) is 16.9. The van der Waals surface area contributed by atoms with E-state index in [1.54, 1.807) is 24.7 Å². The Morgan fingerprint density at radius 2 is 2.06 bits per heavy atom. The number of amides is 1. The van der Waals surface area contributed by atoms with E-state index in [4.69, 9.17) is 4.42 Å². The van der Waals surface area contributed by atoms with Gasteiger partial charge in [0.05, 0.1) is 12.8 Å². The molecule has 4 aromatic rings. The zero-order valence-electron chi connectivity index (χ0n) is 16.8. The SMILES string of the molecule is C=CCn1c(SCc2ccccc2C(=O)NCc2ccco2)nnc1-c1cccnc1. The van der Waals surface area contributed by atoms with Crippen LogP contribution in [0.4, 0.5) is 0 Å². The van der Waals surface area contributed by atoms with Crippen LogP contribution in [0.15, 0.2) is 89.4 Å². The van der Waals surface area contributed by atoms with E-state index >= 15 is 0 Å². The Labute approximate surface area is 184 Å². The molecule has 0 fully saturated rings. The second-order valence-electron chi connectivity index (χ2n) is 6.66. The summed E-state index contributed by atoms with van der Waals surface area (Å²) < 4.78 is 7.28. The van der Waals surface area contributed by atoms with E-state index in [1.165, 1.54) is 11.8 Å². The zero-order chi connectivity index (χ0) is 21.5. The van der Waals surface area contributed by atoms with Crippen LogP contribution in [0.1, 0.15) is 21.7 Å². The number of aromatic nitrogens is 4. The maximum absolute atomic E-state index is 12.7. The van der Waals surface area contributed by atoms with Gasteiger partial charge in [0.1, 0.15) is 5.76 Å². The monoisotopic (exact) mass is 431 g/mol. The number of thioether (sulfide) groups is 1. The zero-order valence-corrected chi connectivity index (χ0v) is 17.6. The first-order valence-corrected chi connectivity index (χ1v) is 10.7. The number of allylic oxidation sites excluding steroid dienone is 1. The van der Waals surface area contributed by atoms with Gasteiger partial charge in [0, 0.05) is 35.8 Å². The molecule has 1 amide bonds. The first kappa shape index (κ1) is 20.6. The summed E-state index contributed by atoms with van der Waals surface area (Å²) >= 11 is 1.53. The Balaban J connectivity index is 1.50. The van der Waals surface area contributed by atoms with Crippen molar-refractivity contribution in [1.82, 2.24) is 25.1 Å². The van der Waals surface area contributed by atoms with Gasteiger partial charge in [0.15, 0.2) is 11.0 Å². The molecule has 156 valence electrons. The fourth-order valence-electron chi connectivity index (χ4n) is 3.08. The molecule has 0 spiro atoms. The fourth-order valence-corrected chi connectivity index (χ4v) is 4.04. The summed E-state index contributed by atoms with van der Waals surface area (Å²) in [6.07, 6.45) is 6.88. The van der Waals surface area contributed by atoms with Crippen LogP contribution in [0, 0.1) is 0 Å². The third-order valence-corrected chi connectivity index (χ3v) is 5.59. The molecule has 3 heterocycles. The van der Waals surface area contributed by atoms with Crippen molar-refractivity contribution >= 4 is 17.7 Å². The van der Waals surface area contributed by atoms with Crippen LogP contribution in [-0.2, 0) is 18.8 Å². The highest BCUT2D eigenvalue weighted by Gasteiger charge is 2.16. The van der Waals surface area contributed by atoms with Crippen molar-refractivity contribution in [2.45, 2.75) is 24.0 Å². The number of carbonyl (C=O) groups is 1. The molecule has 31 heavy (non-hydrogen) atoms. The molecule has 0 aliphatic rings. The Bertz CT molecular complexity index is 1160. The molecule has 8 heteroatoms. The molecule has 0 radical (unpaired) electrons. The normalized spacial score (nSPS) is 10.7. The minimum Gasteiger partial charge on any atom is -0.467 e. The molecule has 1 N–H and O–H groups in total.